The zero-order chi connectivity index (χ0) is 24.6. The van der Waals surface area contributed by atoms with E-state index in [-0.39, 0.29) is 36.2 Å². The topological polar surface area (TPSA) is 87.2 Å². The van der Waals surface area contributed by atoms with E-state index in [1.165, 1.54) is 0 Å². The molecule has 4 heterocycles. The molecular weight excluding hydrogens is 488 g/mol. The summed E-state index contributed by atoms with van der Waals surface area (Å²) in [5, 5.41) is 9.45. The van der Waals surface area contributed by atoms with Gasteiger partial charge in [0.2, 0.25) is 5.91 Å². The highest BCUT2D eigenvalue weighted by atomic mass is 35.5. The number of hydrogen-bond donors (Lipinski definition) is 1. The fraction of sp³-hybridized carbons (Fsp3) is 0.500. The number of anilines is 1. The number of amides is 2. The first-order chi connectivity index (χ1) is 17.0. The lowest BCUT2D eigenvalue weighted by atomic mass is 9.78. The molecule has 0 aliphatic carbocycles. The summed E-state index contributed by atoms with van der Waals surface area (Å²) in [6.07, 6.45) is 10.9. The van der Waals surface area contributed by atoms with Crippen molar-refractivity contribution in [1.29, 1.82) is 0 Å². The first-order valence-corrected chi connectivity index (χ1v) is 13.4. The molecule has 2 fully saturated rings. The number of nitrogens with zero attached hydrogens (tertiary/aromatic N) is 2. The third-order valence-electron chi connectivity index (χ3n) is 7.36. The number of rotatable bonds is 7. The van der Waals surface area contributed by atoms with E-state index in [4.69, 9.17) is 21.4 Å². The van der Waals surface area contributed by atoms with Gasteiger partial charge in [0.15, 0.2) is 0 Å². The van der Waals surface area contributed by atoms with Gasteiger partial charge in [-0.05, 0) is 37.1 Å². The van der Waals surface area contributed by atoms with Gasteiger partial charge in [-0.3, -0.25) is 14.4 Å². The lowest BCUT2D eigenvalue weighted by molar-refractivity contribution is -0.151. The fourth-order valence-electron chi connectivity index (χ4n) is 5.81. The maximum absolute atomic E-state index is 14.2. The molecule has 1 N–H and O–H groups in total. The number of cyclic esters (lactones) is 1. The van der Waals surface area contributed by atoms with Crippen LogP contribution in [0.3, 0.4) is 0 Å². The maximum Gasteiger partial charge on any atom is 0.311 e. The predicted molar refractivity (Wildman–Crippen MR) is 135 cm³/mol. The highest BCUT2D eigenvalue weighted by Crippen LogP contribution is 2.61. The summed E-state index contributed by atoms with van der Waals surface area (Å²) in [5.41, 5.74) is 0.719. The minimum atomic E-state index is -0.837. The molecule has 7 nitrogen and oxygen atoms in total. The van der Waals surface area contributed by atoms with Crippen molar-refractivity contribution in [3.8, 4) is 0 Å². The molecule has 1 aromatic rings. The largest absolute Gasteiger partial charge is 0.461 e. The van der Waals surface area contributed by atoms with Crippen molar-refractivity contribution in [2.24, 2.45) is 11.8 Å². The summed E-state index contributed by atoms with van der Waals surface area (Å²) in [6.45, 7) is 1.16. The van der Waals surface area contributed by atoms with Gasteiger partial charge < -0.3 is 19.6 Å². The third kappa shape index (κ3) is 4.19. The Bertz CT molecular complexity index is 1060. The second-order valence-corrected chi connectivity index (χ2v) is 11.3. The molecule has 0 saturated carbocycles. The number of fused-ring (bicyclic) bond motifs is 2. The number of likely N-dealkylation sites (tertiary alicyclic amines) is 1. The Morgan fingerprint density at radius 3 is 2.60 bits per heavy atom. The molecule has 4 aliphatic rings. The van der Waals surface area contributed by atoms with Gasteiger partial charge in [-0.15, -0.1) is 11.8 Å². The van der Waals surface area contributed by atoms with Gasteiger partial charge in [0.05, 0.1) is 16.6 Å². The van der Waals surface area contributed by atoms with Gasteiger partial charge in [-0.2, -0.15) is 0 Å². The van der Waals surface area contributed by atoms with Gasteiger partial charge in [-0.25, -0.2) is 0 Å². The van der Waals surface area contributed by atoms with Gasteiger partial charge in [0.25, 0.3) is 5.91 Å². The maximum atomic E-state index is 14.2. The minimum absolute atomic E-state index is 0.144. The molecule has 5 rings (SSSR count). The Morgan fingerprint density at radius 2 is 1.83 bits per heavy atom. The van der Waals surface area contributed by atoms with Gasteiger partial charge in [0, 0.05) is 35.7 Å². The van der Waals surface area contributed by atoms with Crippen LogP contribution in [0.5, 0.6) is 0 Å². The molecule has 35 heavy (non-hydrogen) atoms. The second-order valence-electron chi connectivity index (χ2n) is 9.40. The average Bonchev–Trinajstić information content (AvgIpc) is 3.14. The first kappa shape index (κ1) is 24.4. The summed E-state index contributed by atoms with van der Waals surface area (Å²) in [6, 6.07) is 6.40. The predicted octanol–water partition coefficient (Wildman–Crippen LogP) is 3.21. The second kappa shape index (κ2) is 9.99. The van der Waals surface area contributed by atoms with E-state index in [9.17, 15) is 14.4 Å². The fourth-order valence-corrected chi connectivity index (χ4v) is 7.94. The van der Waals surface area contributed by atoms with E-state index < -0.39 is 22.6 Å². The molecule has 1 spiro atoms. The van der Waals surface area contributed by atoms with Crippen LogP contribution in [0, 0.1) is 11.8 Å². The third-order valence-corrected chi connectivity index (χ3v) is 9.35. The Kier molecular flexibility index (Phi) is 6.97. The number of hydrogen-bond acceptors (Lipinski definition) is 6. The standard InChI is InChI=1S/C26H29ClN2O5S/c27-17-8-10-18(11-9-17)28-14-6-12-26-21(20-19(35-26)7-5-16-34-25(20)33)23(31)29(22(26)24(28)32)13-3-1-2-4-15-30/h5-12,19-22,30H,1-4,13-16H2/t19-,20+,21-,22?,26-/m0/s1. The zero-order valence-electron chi connectivity index (χ0n) is 19.3. The number of halogens is 1. The molecule has 5 atom stereocenters. The van der Waals surface area contributed by atoms with E-state index in [0.717, 1.165) is 24.9 Å². The van der Waals surface area contributed by atoms with Gasteiger partial charge in [-0.1, -0.05) is 48.7 Å². The van der Waals surface area contributed by atoms with E-state index >= 15 is 0 Å². The van der Waals surface area contributed by atoms with Crippen molar-refractivity contribution in [2.75, 3.05) is 31.2 Å². The Labute approximate surface area is 214 Å². The number of thioether (sulfide) groups is 1. The smallest absolute Gasteiger partial charge is 0.311 e. The van der Waals surface area contributed by atoms with Crippen LogP contribution in [-0.2, 0) is 19.1 Å². The average molecular weight is 517 g/mol. The molecule has 2 saturated heterocycles. The normalized spacial score (nSPS) is 31.7. The van der Waals surface area contributed by atoms with Crippen LogP contribution in [0.15, 0.2) is 48.6 Å². The number of aliphatic hydroxyl groups excluding tert-OH is 1. The SMILES string of the molecule is O=C1OCC=C[C@@H]2S[C@]34C=CCN(c5ccc(Cl)cc5)C(=O)C3N(CCCCCCO)C(=O)[C@@H]4[C@H]12. The van der Waals surface area contributed by atoms with Crippen LogP contribution in [0.25, 0.3) is 0 Å². The molecule has 2 amide bonds. The van der Waals surface area contributed by atoms with E-state index in [1.807, 2.05) is 36.4 Å². The molecule has 4 aliphatic heterocycles. The molecule has 186 valence electrons. The van der Waals surface area contributed by atoms with E-state index in [0.29, 0.717) is 24.5 Å². The number of carbonyl (C=O) groups excluding carboxylic acids is 3. The number of unbranched alkanes of at least 4 members (excludes halogenated alkanes) is 3. The molecule has 1 aromatic carbocycles. The number of ether oxygens (including phenoxy) is 1. The van der Waals surface area contributed by atoms with E-state index in [1.54, 1.807) is 33.7 Å². The monoisotopic (exact) mass is 516 g/mol. The van der Waals surface area contributed by atoms with Crippen LogP contribution in [0.2, 0.25) is 5.02 Å². The summed E-state index contributed by atoms with van der Waals surface area (Å²) in [4.78, 5) is 44.5. The molecule has 0 radical (unpaired) electrons. The van der Waals surface area contributed by atoms with Crippen molar-refractivity contribution >= 4 is 46.8 Å². The zero-order valence-corrected chi connectivity index (χ0v) is 20.9. The lowest BCUT2D eigenvalue weighted by Gasteiger charge is -2.35. The van der Waals surface area contributed by atoms with Gasteiger partial charge >= 0.3 is 5.97 Å². The van der Waals surface area contributed by atoms with Crippen molar-refractivity contribution in [1.82, 2.24) is 4.90 Å². The summed E-state index contributed by atoms with van der Waals surface area (Å²) >= 11 is 7.62. The van der Waals surface area contributed by atoms with Crippen molar-refractivity contribution < 1.29 is 24.2 Å². The van der Waals surface area contributed by atoms with Crippen LogP contribution in [0.1, 0.15) is 25.7 Å². The van der Waals surface area contributed by atoms with E-state index in [2.05, 4.69) is 0 Å². The van der Waals surface area contributed by atoms with Crippen molar-refractivity contribution in [3.05, 3.63) is 53.6 Å². The molecular formula is C26H29ClN2O5S. The molecule has 0 aromatic heterocycles. The molecule has 0 bridgehead atoms. The number of aliphatic hydroxyl groups is 1. The van der Waals surface area contributed by atoms with Crippen LogP contribution in [-0.4, -0.2) is 70.1 Å². The highest BCUT2D eigenvalue weighted by Gasteiger charge is 2.71. The molecule has 9 heteroatoms. The van der Waals surface area contributed by atoms with Gasteiger partial charge in [0.1, 0.15) is 12.6 Å². The minimum Gasteiger partial charge on any atom is -0.461 e. The summed E-state index contributed by atoms with van der Waals surface area (Å²) < 4.78 is 4.57. The Morgan fingerprint density at radius 1 is 1.06 bits per heavy atom. The number of benzene rings is 1. The summed E-state index contributed by atoms with van der Waals surface area (Å²) in [7, 11) is 0. The number of carbonyl (C=O) groups is 3. The van der Waals surface area contributed by atoms with Crippen LogP contribution >= 0.6 is 23.4 Å². The highest BCUT2D eigenvalue weighted by molar-refractivity contribution is 8.02. The lowest BCUT2D eigenvalue weighted by Crippen LogP contribution is -2.53. The molecule has 1 unspecified atom stereocenters. The number of esters is 1. The van der Waals surface area contributed by atoms with Crippen molar-refractivity contribution in [3.63, 3.8) is 0 Å². The Balaban J connectivity index is 1.52. The van der Waals surface area contributed by atoms with Crippen molar-refractivity contribution in [2.45, 2.75) is 41.7 Å². The Hall–Kier alpha value is -2.29. The summed E-state index contributed by atoms with van der Waals surface area (Å²) in [5.74, 6) is -1.94. The first-order valence-electron chi connectivity index (χ1n) is 12.1. The quantitative estimate of drug-likeness (QED) is 0.340. The van der Waals surface area contributed by atoms with Crippen LogP contribution < -0.4 is 4.90 Å². The van der Waals surface area contributed by atoms with Crippen LogP contribution in [0.4, 0.5) is 5.69 Å².